The Labute approximate surface area is 102 Å². The van der Waals surface area contributed by atoms with E-state index in [1.807, 2.05) is 32.0 Å². The van der Waals surface area contributed by atoms with E-state index in [1.165, 1.54) is 0 Å². The van der Waals surface area contributed by atoms with Gasteiger partial charge in [0.25, 0.3) is 0 Å². The van der Waals surface area contributed by atoms with E-state index in [2.05, 4.69) is 0 Å². The molecule has 1 N–H and O–H groups in total. The fraction of sp³-hybridized carbons (Fsp3) is 0.571. The van der Waals surface area contributed by atoms with Gasteiger partial charge in [0.1, 0.15) is 11.4 Å². The van der Waals surface area contributed by atoms with E-state index in [1.54, 1.807) is 7.11 Å². The van der Waals surface area contributed by atoms with Crippen molar-refractivity contribution >= 4 is 0 Å². The average molecular weight is 236 g/mol. The smallest absolute Gasteiger partial charge is 0.124 e. The first-order chi connectivity index (χ1) is 8.08. The predicted molar refractivity (Wildman–Crippen MR) is 66.2 cm³/mol. The maximum Gasteiger partial charge on any atom is 0.124 e. The number of aliphatic hydroxyl groups is 1. The van der Waals surface area contributed by atoms with Gasteiger partial charge < -0.3 is 14.6 Å². The van der Waals surface area contributed by atoms with Crippen LogP contribution in [0.5, 0.6) is 5.75 Å². The number of rotatable bonds is 2. The first-order valence-corrected chi connectivity index (χ1v) is 6.03. The van der Waals surface area contributed by atoms with Crippen LogP contribution in [0.1, 0.15) is 24.5 Å². The fourth-order valence-corrected chi connectivity index (χ4v) is 2.43. The standard InChI is InChI=1S/C14H20O3/c1-10-4-5-13(16-3)12(8-10)14(15)6-7-17-9-11(14)2/h4-5,8,11,15H,6-7,9H2,1-3H3. The third kappa shape index (κ3) is 2.17. The molecule has 1 aliphatic rings. The summed E-state index contributed by atoms with van der Waals surface area (Å²) in [7, 11) is 1.64. The first-order valence-electron chi connectivity index (χ1n) is 6.03. The third-order valence-electron chi connectivity index (χ3n) is 3.63. The number of methoxy groups -OCH3 is 1. The van der Waals surface area contributed by atoms with Crippen LogP contribution >= 0.6 is 0 Å². The molecule has 0 bridgehead atoms. The SMILES string of the molecule is COc1ccc(C)cc1C1(O)CCOCC1C. The second-order valence-electron chi connectivity index (χ2n) is 4.85. The maximum absolute atomic E-state index is 10.9. The van der Waals surface area contributed by atoms with Crippen molar-refractivity contribution in [3.8, 4) is 5.75 Å². The van der Waals surface area contributed by atoms with Gasteiger partial charge in [-0.1, -0.05) is 18.6 Å². The monoisotopic (exact) mass is 236 g/mol. The van der Waals surface area contributed by atoms with E-state index >= 15 is 0 Å². The number of hydrogen-bond acceptors (Lipinski definition) is 3. The molecule has 1 aromatic rings. The Hall–Kier alpha value is -1.06. The molecular formula is C14H20O3. The fourth-order valence-electron chi connectivity index (χ4n) is 2.43. The number of ether oxygens (including phenoxy) is 2. The Kier molecular flexibility index (Phi) is 3.40. The number of aryl methyl sites for hydroxylation is 1. The molecule has 2 rings (SSSR count). The molecular weight excluding hydrogens is 216 g/mol. The number of hydrogen-bond donors (Lipinski definition) is 1. The van der Waals surface area contributed by atoms with Gasteiger partial charge in [-0.15, -0.1) is 0 Å². The van der Waals surface area contributed by atoms with Crippen LogP contribution in [0, 0.1) is 12.8 Å². The molecule has 2 unspecified atom stereocenters. The molecule has 3 nitrogen and oxygen atoms in total. The van der Waals surface area contributed by atoms with Crippen molar-refractivity contribution in [3.05, 3.63) is 29.3 Å². The normalized spacial score (nSPS) is 29.1. The minimum atomic E-state index is -0.838. The molecule has 1 heterocycles. The lowest BCUT2D eigenvalue weighted by Crippen LogP contribution is -2.41. The molecule has 1 aromatic carbocycles. The quantitative estimate of drug-likeness (QED) is 0.856. The van der Waals surface area contributed by atoms with Crippen molar-refractivity contribution in [1.82, 2.24) is 0 Å². The summed E-state index contributed by atoms with van der Waals surface area (Å²) in [5.41, 5.74) is 1.18. The van der Waals surface area contributed by atoms with E-state index in [-0.39, 0.29) is 5.92 Å². The van der Waals surface area contributed by atoms with Gasteiger partial charge in [-0.05, 0) is 19.1 Å². The summed E-state index contributed by atoms with van der Waals surface area (Å²) < 4.78 is 10.8. The van der Waals surface area contributed by atoms with E-state index in [4.69, 9.17) is 9.47 Å². The van der Waals surface area contributed by atoms with Gasteiger partial charge in [0, 0.05) is 24.5 Å². The summed E-state index contributed by atoms with van der Waals surface area (Å²) in [5, 5.41) is 10.9. The summed E-state index contributed by atoms with van der Waals surface area (Å²) in [5.74, 6) is 0.832. The Bertz CT molecular complexity index is 402. The molecule has 0 saturated carbocycles. The van der Waals surface area contributed by atoms with E-state index in [0.717, 1.165) is 16.9 Å². The van der Waals surface area contributed by atoms with Crippen molar-refractivity contribution in [2.24, 2.45) is 5.92 Å². The van der Waals surface area contributed by atoms with Gasteiger partial charge in [0.05, 0.1) is 13.7 Å². The largest absolute Gasteiger partial charge is 0.496 e. The Balaban J connectivity index is 2.46. The minimum absolute atomic E-state index is 0.0759. The predicted octanol–water partition coefficient (Wildman–Crippen LogP) is 2.25. The molecule has 94 valence electrons. The first kappa shape index (κ1) is 12.4. The van der Waals surface area contributed by atoms with Crippen LogP contribution < -0.4 is 4.74 Å². The zero-order valence-corrected chi connectivity index (χ0v) is 10.7. The van der Waals surface area contributed by atoms with Crippen molar-refractivity contribution in [2.75, 3.05) is 20.3 Å². The van der Waals surface area contributed by atoms with Crippen LogP contribution in [0.15, 0.2) is 18.2 Å². The van der Waals surface area contributed by atoms with Crippen LogP contribution in [-0.4, -0.2) is 25.4 Å². The highest BCUT2D eigenvalue weighted by Crippen LogP contribution is 2.41. The molecule has 3 heteroatoms. The highest BCUT2D eigenvalue weighted by Gasteiger charge is 2.40. The Morgan fingerprint density at radius 2 is 2.24 bits per heavy atom. The molecule has 17 heavy (non-hydrogen) atoms. The average Bonchev–Trinajstić information content (AvgIpc) is 2.33. The summed E-state index contributed by atoms with van der Waals surface area (Å²) in [6.45, 7) is 5.22. The van der Waals surface area contributed by atoms with Crippen molar-refractivity contribution in [1.29, 1.82) is 0 Å². The molecule has 1 aliphatic heterocycles. The van der Waals surface area contributed by atoms with Gasteiger partial charge >= 0.3 is 0 Å². The highest BCUT2D eigenvalue weighted by molar-refractivity contribution is 5.41. The molecule has 1 fully saturated rings. The topological polar surface area (TPSA) is 38.7 Å². The van der Waals surface area contributed by atoms with E-state index < -0.39 is 5.60 Å². The Morgan fingerprint density at radius 1 is 1.47 bits per heavy atom. The van der Waals surface area contributed by atoms with Crippen molar-refractivity contribution in [2.45, 2.75) is 25.9 Å². The summed E-state index contributed by atoms with van der Waals surface area (Å²) in [6.07, 6.45) is 0.619. The minimum Gasteiger partial charge on any atom is -0.496 e. The van der Waals surface area contributed by atoms with Gasteiger partial charge in [-0.25, -0.2) is 0 Å². The highest BCUT2D eigenvalue weighted by atomic mass is 16.5. The van der Waals surface area contributed by atoms with Crippen LogP contribution in [0.4, 0.5) is 0 Å². The summed E-state index contributed by atoms with van der Waals surface area (Å²) in [4.78, 5) is 0. The van der Waals surface area contributed by atoms with Crippen molar-refractivity contribution < 1.29 is 14.6 Å². The maximum atomic E-state index is 10.9. The zero-order chi connectivity index (χ0) is 12.5. The summed E-state index contributed by atoms with van der Waals surface area (Å²) in [6, 6.07) is 5.93. The van der Waals surface area contributed by atoms with Gasteiger partial charge in [0.15, 0.2) is 0 Å². The van der Waals surface area contributed by atoms with Crippen LogP contribution in [0.2, 0.25) is 0 Å². The molecule has 0 aromatic heterocycles. The summed E-state index contributed by atoms with van der Waals surface area (Å²) >= 11 is 0. The second-order valence-corrected chi connectivity index (χ2v) is 4.85. The van der Waals surface area contributed by atoms with Crippen LogP contribution in [0.25, 0.3) is 0 Å². The van der Waals surface area contributed by atoms with Gasteiger partial charge in [-0.3, -0.25) is 0 Å². The third-order valence-corrected chi connectivity index (χ3v) is 3.63. The lowest BCUT2D eigenvalue weighted by atomic mass is 9.78. The van der Waals surface area contributed by atoms with Crippen LogP contribution in [-0.2, 0) is 10.3 Å². The van der Waals surface area contributed by atoms with Gasteiger partial charge in [-0.2, -0.15) is 0 Å². The van der Waals surface area contributed by atoms with E-state index in [0.29, 0.717) is 19.6 Å². The zero-order valence-electron chi connectivity index (χ0n) is 10.7. The molecule has 2 atom stereocenters. The molecule has 0 amide bonds. The Morgan fingerprint density at radius 3 is 2.88 bits per heavy atom. The molecule has 1 saturated heterocycles. The van der Waals surface area contributed by atoms with Crippen molar-refractivity contribution in [3.63, 3.8) is 0 Å². The lowest BCUT2D eigenvalue weighted by Gasteiger charge is -2.39. The molecule has 0 spiro atoms. The number of benzene rings is 1. The molecule has 0 radical (unpaired) electrons. The van der Waals surface area contributed by atoms with Gasteiger partial charge in [0.2, 0.25) is 0 Å². The lowest BCUT2D eigenvalue weighted by molar-refractivity contribution is -0.112. The second kappa shape index (κ2) is 4.67. The van der Waals surface area contributed by atoms with Crippen LogP contribution in [0.3, 0.4) is 0 Å². The molecule has 0 aliphatic carbocycles. The van der Waals surface area contributed by atoms with E-state index in [9.17, 15) is 5.11 Å².